The Morgan fingerprint density at radius 3 is 2.32 bits per heavy atom. The number of rotatable bonds is 6. The van der Waals surface area contributed by atoms with Gasteiger partial charge in [-0.25, -0.2) is 8.42 Å². The zero-order valence-electron chi connectivity index (χ0n) is 18.3. The van der Waals surface area contributed by atoms with Crippen LogP contribution in [-0.4, -0.2) is 35.3 Å². The topological polar surface area (TPSA) is 83.1 Å². The summed E-state index contributed by atoms with van der Waals surface area (Å²) in [4.78, 5) is 0. The molecule has 1 aliphatic rings. The Kier molecular flexibility index (Phi) is 5.98. The van der Waals surface area contributed by atoms with Crippen molar-refractivity contribution < 1.29 is 40.5 Å². The van der Waals surface area contributed by atoms with Crippen molar-refractivity contribution in [3.05, 3.63) is 65.7 Å². The number of hydrogen-bond donors (Lipinski definition) is 1. The van der Waals surface area contributed by atoms with Gasteiger partial charge in [0.2, 0.25) is 10.0 Å². The van der Waals surface area contributed by atoms with Crippen LogP contribution in [0.3, 0.4) is 0 Å². The first-order valence-corrected chi connectivity index (χ1v) is 11.8. The van der Waals surface area contributed by atoms with E-state index in [9.17, 15) is 21.6 Å². The fraction of sp³-hybridized carbons (Fsp3) is 0.217. The summed E-state index contributed by atoms with van der Waals surface area (Å²) in [5.74, 6) is 0.658. The average Bonchev–Trinajstić information content (AvgIpc) is 2.76. The van der Waals surface area contributed by atoms with Gasteiger partial charge in [0.15, 0.2) is 11.5 Å². The van der Waals surface area contributed by atoms with Crippen molar-refractivity contribution in [2.24, 2.45) is 0 Å². The highest BCUT2D eigenvalue weighted by molar-refractivity contribution is 7.92. The summed E-state index contributed by atoms with van der Waals surface area (Å²) in [6.07, 6.45) is -4.70. The Labute approximate surface area is 194 Å². The lowest BCUT2D eigenvalue weighted by atomic mass is 9.88. The van der Waals surface area contributed by atoms with Crippen molar-refractivity contribution in [3.63, 3.8) is 0 Å². The lowest BCUT2D eigenvalue weighted by Gasteiger charge is -2.31. The van der Waals surface area contributed by atoms with Crippen molar-refractivity contribution in [3.8, 4) is 34.1 Å². The molecule has 0 amide bonds. The van der Waals surface area contributed by atoms with Gasteiger partial charge in [-0.15, -0.1) is 13.2 Å². The average molecular weight is 495 g/mol. The summed E-state index contributed by atoms with van der Waals surface area (Å²) in [6, 6.07) is 13.7. The fourth-order valence-corrected chi connectivity index (χ4v) is 4.38. The van der Waals surface area contributed by atoms with Crippen molar-refractivity contribution >= 4 is 15.7 Å². The van der Waals surface area contributed by atoms with Gasteiger partial charge in [-0.1, -0.05) is 18.2 Å². The second-order valence-corrected chi connectivity index (χ2v) is 9.21. The SMILES string of the molecule is COc1ccc(C2Oc3cccc(OC(F)(F)F)c3-c3ccc(NS(C)(=O)=O)cc32)cc1OC. The van der Waals surface area contributed by atoms with E-state index in [0.717, 1.165) is 6.26 Å². The predicted octanol–water partition coefficient (Wildman–Crippen LogP) is 5.12. The maximum absolute atomic E-state index is 13.1. The van der Waals surface area contributed by atoms with E-state index in [1.807, 2.05) is 0 Å². The van der Waals surface area contributed by atoms with Crippen molar-refractivity contribution in [1.82, 2.24) is 0 Å². The molecule has 1 atom stereocenters. The van der Waals surface area contributed by atoms with Gasteiger partial charge in [0.25, 0.3) is 0 Å². The van der Waals surface area contributed by atoms with Crippen LogP contribution < -0.4 is 23.7 Å². The molecule has 0 fully saturated rings. The van der Waals surface area contributed by atoms with Crippen LogP contribution >= 0.6 is 0 Å². The molecule has 11 heteroatoms. The molecule has 0 radical (unpaired) electrons. The number of halogens is 3. The number of fused-ring (bicyclic) bond motifs is 3. The van der Waals surface area contributed by atoms with Gasteiger partial charge < -0.3 is 18.9 Å². The molecule has 1 unspecified atom stereocenters. The van der Waals surface area contributed by atoms with E-state index in [2.05, 4.69) is 9.46 Å². The van der Waals surface area contributed by atoms with Crippen LogP contribution in [0.25, 0.3) is 11.1 Å². The standard InChI is InChI=1S/C23H20F3NO6S/c1-30-17-10-7-13(11-20(17)31-2)22-16-12-14(27-34(3,28)29)8-9-15(16)21-18(32-22)5-4-6-19(21)33-23(24,25)26/h4-12,22,27H,1-3H3. The molecule has 0 bridgehead atoms. The van der Waals surface area contributed by atoms with Gasteiger partial charge in [-0.2, -0.15) is 0 Å². The van der Waals surface area contributed by atoms with Crippen molar-refractivity contribution in [2.45, 2.75) is 12.5 Å². The second-order valence-electron chi connectivity index (χ2n) is 7.47. The number of benzene rings is 3. The van der Waals surface area contributed by atoms with E-state index in [1.54, 1.807) is 18.2 Å². The molecule has 180 valence electrons. The zero-order chi connectivity index (χ0) is 24.7. The highest BCUT2D eigenvalue weighted by atomic mass is 32.2. The molecule has 1 N–H and O–H groups in total. The van der Waals surface area contributed by atoms with Gasteiger partial charge >= 0.3 is 6.36 Å². The van der Waals surface area contributed by atoms with Crippen LogP contribution in [0.4, 0.5) is 18.9 Å². The summed E-state index contributed by atoms with van der Waals surface area (Å²) in [7, 11) is -0.634. The normalized spacial score (nSPS) is 14.9. The zero-order valence-corrected chi connectivity index (χ0v) is 19.1. The lowest BCUT2D eigenvalue weighted by molar-refractivity contribution is -0.274. The molecule has 0 aliphatic carbocycles. The number of sulfonamides is 1. The monoisotopic (exact) mass is 495 g/mol. The van der Waals surface area contributed by atoms with Crippen LogP contribution in [0, 0.1) is 0 Å². The Balaban J connectivity index is 1.91. The van der Waals surface area contributed by atoms with Crippen molar-refractivity contribution in [1.29, 1.82) is 0 Å². The van der Waals surface area contributed by atoms with Gasteiger partial charge in [-0.3, -0.25) is 4.72 Å². The molecule has 0 spiro atoms. The molecule has 4 rings (SSSR count). The number of nitrogens with one attached hydrogen (secondary N) is 1. The van der Waals surface area contributed by atoms with E-state index in [1.165, 1.54) is 50.6 Å². The largest absolute Gasteiger partial charge is 0.573 e. The summed E-state index contributed by atoms with van der Waals surface area (Å²) < 4.78 is 86.1. The third kappa shape index (κ3) is 4.84. The molecule has 0 aromatic heterocycles. The summed E-state index contributed by atoms with van der Waals surface area (Å²) in [5, 5.41) is 0. The maximum atomic E-state index is 13.1. The minimum Gasteiger partial charge on any atom is -0.493 e. The molecule has 1 heterocycles. The third-order valence-electron chi connectivity index (χ3n) is 5.08. The van der Waals surface area contributed by atoms with E-state index in [4.69, 9.17) is 14.2 Å². The highest BCUT2D eigenvalue weighted by Crippen LogP contribution is 2.51. The minimum atomic E-state index is -4.91. The lowest BCUT2D eigenvalue weighted by Crippen LogP contribution is -2.20. The molecule has 7 nitrogen and oxygen atoms in total. The Morgan fingerprint density at radius 2 is 1.68 bits per heavy atom. The van der Waals surface area contributed by atoms with Gasteiger partial charge in [0.1, 0.15) is 17.6 Å². The smallest absolute Gasteiger partial charge is 0.493 e. The first-order chi connectivity index (χ1) is 16.0. The second kappa shape index (κ2) is 8.64. The van der Waals surface area contributed by atoms with Gasteiger partial charge in [0.05, 0.1) is 26.0 Å². The molecule has 34 heavy (non-hydrogen) atoms. The molecular weight excluding hydrogens is 475 g/mol. The fourth-order valence-electron chi connectivity index (χ4n) is 3.82. The molecule has 3 aromatic rings. The maximum Gasteiger partial charge on any atom is 0.573 e. The predicted molar refractivity (Wildman–Crippen MR) is 119 cm³/mol. The Bertz CT molecular complexity index is 1340. The Morgan fingerprint density at radius 1 is 0.941 bits per heavy atom. The summed E-state index contributed by atoms with van der Waals surface area (Å²) >= 11 is 0. The molecular formula is C23H20F3NO6S. The Hall–Kier alpha value is -3.60. The third-order valence-corrected chi connectivity index (χ3v) is 5.68. The number of anilines is 1. The van der Waals surface area contributed by atoms with Crippen LogP contribution in [-0.2, 0) is 10.0 Å². The van der Waals surface area contributed by atoms with Crippen LogP contribution in [0.1, 0.15) is 17.2 Å². The van der Waals surface area contributed by atoms with Gasteiger partial charge in [-0.05, 0) is 42.0 Å². The molecule has 1 aliphatic heterocycles. The number of alkyl halides is 3. The van der Waals surface area contributed by atoms with E-state index >= 15 is 0 Å². The van der Waals surface area contributed by atoms with Crippen LogP contribution in [0.5, 0.6) is 23.0 Å². The molecule has 0 saturated heterocycles. The molecule has 3 aromatic carbocycles. The first kappa shape index (κ1) is 23.6. The first-order valence-electron chi connectivity index (χ1n) is 9.88. The number of hydrogen-bond acceptors (Lipinski definition) is 6. The highest BCUT2D eigenvalue weighted by Gasteiger charge is 2.36. The van der Waals surface area contributed by atoms with Crippen LogP contribution in [0.15, 0.2) is 54.6 Å². The summed E-state index contributed by atoms with van der Waals surface area (Å²) in [5.41, 5.74) is 1.79. The van der Waals surface area contributed by atoms with Gasteiger partial charge in [0, 0.05) is 16.8 Å². The van der Waals surface area contributed by atoms with Crippen molar-refractivity contribution in [2.75, 3.05) is 25.2 Å². The van der Waals surface area contributed by atoms with E-state index in [-0.39, 0.29) is 17.0 Å². The quantitative estimate of drug-likeness (QED) is 0.511. The molecule has 0 saturated carbocycles. The van der Waals surface area contributed by atoms with E-state index in [0.29, 0.717) is 28.2 Å². The minimum absolute atomic E-state index is 0.109. The van der Waals surface area contributed by atoms with E-state index < -0.39 is 28.2 Å². The number of ether oxygens (including phenoxy) is 4. The summed E-state index contributed by atoms with van der Waals surface area (Å²) in [6.45, 7) is 0. The van der Waals surface area contributed by atoms with Crippen LogP contribution in [0.2, 0.25) is 0 Å². The number of methoxy groups -OCH3 is 2.